The monoisotopic (exact) mass is 303 g/mol. The van der Waals surface area contributed by atoms with Gasteiger partial charge in [-0.1, -0.05) is 13.3 Å². The first-order valence-electron chi connectivity index (χ1n) is 7.44. The maximum Gasteiger partial charge on any atom is 0.263 e. The van der Waals surface area contributed by atoms with Crippen molar-refractivity contribution in [2.45, 2.75) is 46.1 Å². The molecule has 112 valence electrons. The number of nitrogens with zero attached hydrogens (tertiary/aromatic N) is 1. The van der Waals surface area contributed by atoms with Crippen LogP contribution in [0, 0.1) is 19.8 Å². The van der Waals surface area contributed by atoms with E-state index >= 15 is 0 Å². The predicted octanol–water partition coefficient (Wildman–Crippen LogP) is 3.41. The average Bonchev–Trinajstić information content (AvgIpc) is 2.94. The molecule has 2 unspecified atom stereocenters. The van der Waals surface area contributed by atoms with Gasteiger partial charge in [0.1, 0.15) is 4.88 Å². The quantitative estimate of drug-likeness (QED) is 0.893. The van der Waals surface area contributed by atoms with E-state index in [-0.39, 0.29) is 11.9 Å². The van der Waals surface area contributed by atoms with Gasteiger partial charge in [0.2, 0.25) is 0 Å². The van der Waals surface area contributed by atoms with Crippen LogP contribution < -0.4 is 11.1 Å². The lowest BCUT2D eigenvalue weighted by Gasteiger charge is -2.16. The van der Waals surface area contributed by atoms with E-state index in [0.717, 1.165) is 27.9 Å². The maximum absolute atomic E-state index is 12.5. The summed E-state index contributed by atoms with van der Waals surface area (Å²) in [6, 6.07) is 2.28. The molecular weight excluding hydrogens is 282 g/mol. The van der Waals surface area contributed by atoms with E-state index in [1.807, 2.05) is 19.9 Å². The number of aryl methyl sites for hydroxylation is 2. The second kappa shape index (κ2) is 5.30. The minimum atomic E-state index is -0.0375. The topological polar surface area (TPSA) is 68.0 Å². The molecule has 1 saturated carbocycles. The highest BCUT2D eigenvalue weighted by atomic mass is 32.1. The Morgan fingerprint density at radius 3 is 2.86 bits per heavy atom. The number of nitrogens with one attached hydrogen (secondary N) is 1. The fraction of sp³-hybridized carbons (Fsp3) is 0.500. The molecule has 1 amide bonds. The first-order valence-corrected chi connectivity index (χ1v) is 8.26. The molecule has 21 heavy (non-hydrogen) atoms. The molecule has 0 spiro atoms. The zero-order valence-corrected chi connectivity index (χ0v) is 13.5. The number of rotatable bonds is 2. The van der Waals surface area contributed by atoms with Gasteiger partial charge in [-0.05, 0) is 38.7 Å². The number of amides is 1. The third kappa shape index (κ3) is 2.50. The Hall–Kier alpha value is -1.62. The van der Waals surface area contributed by atoms with Gasteiger partial charge in [-0.3, -0.25) is 9.78 Å². The van der Waals surface area contributed by atoms with E-state index in [4.69, 9.17) is 5.73 Å². The Bertz CT molecular complexity index is 707. The summed E-state index contributed by atoms with van der Waals surface area (Å²) >= 11 is 1.47. The molecule has 5 heteroatoms. The number of hydrogen-bond donors (Lipinski definition) is 2. The minimum absolute atomic E-state index is 0.0375. The molecule has 2 atom stereocenters. The molecule has 1 aliphatic rings. The van der Waals surface area contributed by atoms with Crippen LogP contribution in [0.3, 0.4) is 0 Å². The summed E-state index contributed by atoms with van der Waals surface area (Å²) in [6.45, 7) is 6.10. The van der Waals surface area contributed by atoms with Gasteiger partial charge in [0.25, 0.3) is 5.91 Å². The lowest BCUT2D eigenvalue weighted by Crippen LogP contribution is -2.36. The molecule has 1 fully saturated rings. The first-order chi connectivity index (χ1) is 9.97. The Kier molecular flexibility index (Phi) is 3.61. The van der Waals surface area contributed by atoms with Crippen molar-refractivity contribution in [1.29, 1.82) is 0 Å². The molecule has 1 aliphatic carbocycles. The summed E-state index contributed by atoms with van der Waals surface area (Å²) in [5.74, 6) is 0.514. The van der Waals surface area contributed by atoms with Crippen molar-refractivity contribution in [1.82, 2.24) is 10.3 Å². The second-order valence-electron chi connectivity index (χ2n) is 6.06. The lowest BCUT2D eigenvalue weighted by molar-refractivity contribution is 0.0934. The van der Waals surface area contributed by atoms with Gasteiger partial charge in [0, 0.05) is 27.5 Å². The fourth-order valence-corrected chi connectivity index (χ4v) is 4.41. The largest absolute Gasteiger partial charge is 0.397 e. The number of nitrogen functional groups attached to an aromatic ring is 1. The number of carbonyl (C=O) groups is 1. The molecule has 2 aromatic rings. The van der Waals surface area contributed by atoms with E-state index in [2.05, 4.69) is 17.2 Å². The van der Waals surface area contributed by atoms with E-state index in [1.165, 1.54) is 24.2 Å². The smallest absolute Gasteiger partial charge is 0.263 e. The van der Waals surface area contributed by atoms with Gasteiger partial charge in [-0.2, -0.15) is 0 Å². The number of anilines is 1. The maximum atomic E-state index is 12.5. The molecule has 2 aromatic heterocycles. The zero-order chi connectivity index (χ0) is 15.1. The van der Waals surface area contributed by atoms with E-state index < -0.39 is 0 Å². The number of nitrogens with two attached hydrogens (primary N) is 1. The highest BCUT2D eigenvalue weighted by Gasteiger charge is 2.27. The van der Waals surface area contributed by atoms with E-state index in [1.54, 1.807) is 0 Å². The lowest BCUT2D eigenvalue weighted by atomic mass is 10.1. The number of thiophene rings is 1. The van der Waals surface area contributed by atoms with Gasteiger partial charge >= 0.3 is 0 Å². The summed E-state index contributed by atoms with van der Waals surface area (Å²) in [4.78, 5) is 17.6. The van der Waals surface area contributed by atoms with Gasteiger partial charge in [0.15, 0.2) is 0 Å². The Balaban J connectivity index is 1.95. The Morgan fingerprint density at radius 1 is 1.43 bits per heavy atom. The van der Waals surface area contributed by atoms with Crippen LogP contribution in [0.5, 0.6) is 0 Å². The summed E-state index contributed by atoms with van der Waals surface area (Å²) in [5, 5.41) is 4.08. The summed E-state index contributed by atoms with van der Waals surface area (Å²) in [7, 11) is 0. The number of pyridine rings is 1. The third-order valence-corrected chi connectivity index (χ3v) is 5.55. The van der Waals surface area contributed by atoms with Gasteiger partial charge < -0.3 is 11.1 Å². The van der Waals surface area contributed by atoms with Crippen LogP contribution in [-0.2, 0) is 0 Å². The highest BCUT2D eigenvalue weighted by Crippen LogP contribution is 2.36. The Morgan fingerprint density at radius 2 is 2.19 bits per heavy atom. The minimum Gasteiger partial charge on any atom is -0.397 e. The van der Waals surface area contributed by atoms with E-state index in [9.17, 15) is 4.79 Å². The molecule has 0 saturated heterocycles. The highest BCUT2D eigenvalue weighted by molar-refractivity contribution is 7.21. The molecule has 2 heterocycles. The fourth-order valence-electron chi connectivity index (χ4n) is 3.24. The molecule has 0 aromatic carbocycles. The van der Waals surface area contributed by atoms with Crippen molar-refractivity contribution >= 4 is 33.0 Å². The van der Waals surface area contributed by atoms with Crippen LogP contribution in [0.25, 0.3) is 10.1 Å². The zero-order valence-electron chi connectivity index (χ0n) is 12.7. The number of carbonyl (C=O) groups excluding carboxylic acids is 1. The molecular formula is C16H21N3OS. The van der Waals surface area contributed by atoms with Crippen molar-refractivity contribution < 1.29 is 4.79 Å². The second-order valence-corrected chi connectivity index (χ2v) is 7.11. The van der Waals surface area contributed by atoms with Crippen LogP contribution >= 0.6 is 11.3 Å². The number of fused-ring (bicyclic) bond motifs is 1. The Labute approximate surface area is 128 Å². The van der Waals surface area contributed by atoms with Crippen molar-refractivity contribution in [3.8, 4) is 0 Å². The van der Waals surface area contributed by atoms with Gasteiger partial charge in [-0.25, -0.2) is 0 Å². The summed E-state index contributed by atoms with van der Waals surface area (Å²) in [6.07, 6.45) is 3.45. The number of hydrogen-bond acceptors (Lipinski definition) is 4. The molecule has 0 radical (unpaired) electrons. The van der Waals surface area contributed by atoms with Crippen LogP contribution in [0.15, 0.2) is 6.07 Å². The standard InChI is InChI=1S/C16H21N3OS/c1-8-5-4-6-11(8)19-16(20)15-14(17)13-10(3)18-9(2)7-12(13)21-15/h7-8,11H,4-6,17H2,1-3H3,(H,19,20). The molecule has 4 nitrogen and oxygen atoms in total. The molecule has 3 N–H and O–H groups in total. The molecule has 3 rings (SSSR count). The van der Waals surface area contributed by atoms with Crippen molar-refractivity contribution in [3.63, 3.8) is 0 Å². The predicted molar refractivity (Wildman–Crippen MR) is 87.8 cm³/mol. The SMILES string of the molecule is Cc1cc2sc(C(=O)NC3CCCC3C)c(N)c2c(C)n1. The summed E-state index contributed by atoms with van der Waals surface area (Å²) < 4.78 is 1.04. The van der Waals surface area contributed by atoms with E-state index in [0.29, 0.717) is 16.5 Å². The van der Waals surface area contributed by atoms with Crippen molar-refractivity contribution in [2.75, 3.05) is 5.73 Å². The van der Waals surface area contributed by atoms with Crippen LogP contribution in [0.1, 0.15) is 47.2 Å². The molecule has 0 bridgehead atoms. The van der Waals surface area contributed by atoms with Crippen molar-refractivity contribution in [3.05, 3.63) is 22.3 Å². The third-order valence-electron chi connectivity index (χ3n) is 4.40. The number of aromatic nitrogens is 1. The van der Waals surface area contributed by atoms with Crippen LogP contribution in [-0.4, -0.2) is 16.9 Å². The van der Waals surface area contributed by atoms with Gasteiger partial charge in [0.05, 0.1) is 5.69 Å². The summed E-state index contributed by atoms with van der Waals surface area (Å²) in [5.41, 5.74) is 8.63. The normalized spacial score (nSPS) is 21.9. The van der Waals surface area contributed by atoms with Crippen molar-refractivity contribution in [2.24, 2.45) is 5.92 Å². The molecule has 0 aliphatic heterocycles. The van der Waals surface area contributed by atoms with Crippen LogP contribution in [0.4, 0.5) is 5.69 Å². The average molecular weight is 303 g/mol. The van der Waals surface area contributed by atoms with Gasteiger partial charge in [-0.15, -0.1) is 11.3 Å². The van der Waals surface area contributed by atoms with Crippen LogP contribution in [0.2, 0.25) is 0 Å². The first kappa shape index (κ1) is 14.3.